The summed E-state index contributed by atoms with van der Waals surface area (Å²) >= 11 is 6.52. The molecule has 9 heteroatoms. The first-order chi connectivity index (χ1) is 16.4. The Balaban J connectivity index is 1.47. The molecule has 8 nitrogen and oxygen atoms in total. The molecule has 1 spiro atoms. The van der Waals surface area contributed by atoms with Crippen molar-refractivity contribution in [3.8, 4) is 11.5 Å². The van der Waals surface area contributed by atoms with Gasteiger partial charge in [0.15, 0.2) is 16.9 Å². The lowest BCUT2D eigenvalue weighted by Gasteiger charge is -2.49. The highest BCUT2D eigenvalue weighted by Gasteiger charge is 2.62. The second-order valence-electron chi connectivity index (χ2n) is 8.89. The Hall–Kier alpha value is -3.26. The van der Waals surface area contributed by atoms with E-state index in [1.54, 1.807) is 26.4 Å². The zero-order chi connectivity index (χ0) is 24.0. The number of amides is 4. The van der Waals surface area contributed by atoms with E-state index >= 15 is 0 Å². The lowest BCUT2D eigenvalue weighted by molar-refractivity contribution is -0.153. The molecule has 3 heterocycles. The predicted molar refractivity (Wildman–Crippen MR) is 126 cm³/mol. The van der Waals surface area contributed by atoms with E-state index in [9.17, 15) is 14.4 Å². The number of urea groups is 1. The molecule has 2 aromatic carbocycles. The van der Waals surface area contributed by atoms with Gasteiger partial charge in [-0.25, -0.2) is 4.79 Å². The summed E-state index contributed by atoms with van der Waals surface area (Å²) in [7, 11) is 3.11. The van der Waals surface area contributed by atoms with E-state index in [2.05, 4.69) is 10.2 Å². The predicted octanol–water partition coefficient (Wildman–Crippen LogP) is 3.19. The third kappa shape index (κ3) is 3.31. The van der Waals surface area contributed by atoms with Crippen LogP contribution in [0.15, 0.2) is 36.4 Å². The van der Waals surface area contributed by atoms with Gasteiger partial charge in [0.1, 0.15) is 0 Å². The highest BCUT2D eigenvalue weighted by molar-refractivity contribution is 6.32. The number of hydrogen-bond acceptors (Lipinski definition) is 6. The lowest BCUT2D eigenvalue weighted by Crippen LogP contribution is -2.71. The number of nitrogens with zero attached hydrogens (tertiary/aromatic N) is 2. The lowest BCUT2D eigenvalue weighted by atomic mass is 9.68. The number of imide groups is 2. The van der Waals surface area contributed by atoms with Crippen LogP contribution in [0.25, 0.3) is 0 Å². The Morgan fingerprint density at radius 1 is 1.12 bits per heavy atom. The van der Waals surface area contributed by atoms with E-state index in [-0.39, 0.29) is 19.0 Å². The minimum Gasteiger partial charge on any atom is -0.493 e. The molecule has 4 amide bonds. The van der Waals surface area contributed by atoms with Gasteiger partial charge in [-0.3, -0.25) is 19.8 Å². The van der Waals surface area contributed by atoms with Gasteiger partial charge in [-0.15, -0.1) is 0 Å². The van der Waals surface area contributed by atoms with Crippen molar-refractivity contribution >= 4 is 35.1 Å². The molecule has 0 saturated carbocycles. The van der Waals surface area contributed by atoms with Crippen molar-refractivity contribution in [2.45, 2.75) is 31.7 Å². The first-order valence-electron chi connectivity index (χ1n) is 11.3. The molecule has 3 aliphatic rings. The SMILES string of the molecule is COc1ccc(CCN2C(=O)NC(=O)[C@]3(Cc4c(Cl)cccc4N4CCC[C@@H]43)C2=O)cc1OC. The van der Waals surface area contributed by atoms with Crippen molar-refractivity contribution < 1.29 is 23.9 Å². The van der Waals surface area contributed by atoms with Crippen LogP contribution in [-0.4, -0.2) is 56.1 Å². The molecule has 178 valence electrons. The standard InChI is InChI=1S/C25H26ClN3O5/c1-33-19-9-8-15(13-20(19)34-2)10-12-29-23(31)25(22(30)27-24(29)32)14-16-17(26)5-3-6-18(16)28-11-4-7-21(25)28/h3,5-6,8-9,13,21H,4,7,10-12,14H2,1-2H3,(H,27,30,32)/t21-,25-/m1/s1. The average molecular weight is 484 g/mol. The van der Waals surface area contributed by atoms with Crippen LogP contribution in [0.5, 0.6) is 11.5 Å². The molecule has 0 aliphatic carbocycles. The van der Waals surface area contributed by atoms with E-state index in [1.165, 1.54) is 4.90 Å². The maximum absolute atomic E-state index is 14.0. The van der Waals surface area contributed by atoms with Crippen LogP contribution >= 0.6 is 11.6 Å². The van der Waals surface area contributed by atoms with Gasteiger partial charge in [0.05, 0.1) is 20.3 Å². The summed E-state index contributed by atoms with van der Waals surface area (Å²) in [4.78, 5) is 43.4. The van der Waals surface area contributed by atoms with E-state index < -0.39 is 23.3 Å². The normalized spacial score (nSPS) is 23.6. The largest absolute Gasteiger partial charge is 0.493 e. The molecule has 1 N–H and O–H groups in total. The van der Waals surface area contributed by atoms with Gasteiger partial charge < -0.3 is 14.4 Å². The average Bonchev–Trinajstić information content (AvgIpc) is 3.34. The minimum atomic E-state index is -1.39. The summed E-state index contributed by atoms with van der Waals surface area (Å²) in [6, 6.07) is 10.1. The van der Waals surface area contributed by atoms with Crippen molar-refractivity contribution in [3.05, 3.63) is 52.5 Å². The van der Waals surface area contributed by atoms with Gasteiger partial charge in [0.2, 0.25) is 11.8 Å². The topological polar surface area (TPSA) is 88.2 Å². The molecule has 2 fully saturated rings. The van der Waals surface area contributed by atoms with Gasteiger partial charge in [-0.1, -0.05) is 23.7 Å². The van der Waals surface area contributed by atoms with Crippen LogP contribution in [0, 0.1) is 5.41 Å². The van der Waals surface area contributed by atoms with Crippen LogP contribution in [0.4, 0.5) is 10.5 Å². The number of anilines is 1. The molecular weight excluding hydrogens is 458 g/mol. The number of methoxy groups -OCH3 is 2. The second-order valence-corrected chi connectivity index (χ2v) is 9.30. The van der Waals surface area contributed by atoms with E-state index in [0.717, 1.165) is 29.8 Å². The Bertz CT molecular complexity index is 1190. The van der Waals surface area contributed by atoms with Crippen molar-refractivity contribution in [1.82, 2.24) is 10.2 Å². The van der Waals surface area contributed by atoms with Gasteiger partial charge in [-0.05, 0) is 54.7 Å². The van der Waals surface area contributed by atoms with Gasteiger partial charge in [0.25, 0.3) is 0 Å². The highest BCUT2D eigenvalue weighted by Crippen LogP contribution is 2.49. The Morgan fingerprint density at radius 2 is 1.91 bits per heavy atom. The Kier molecular flexibility index (Phi) is 5.64. The van der Waals surface area contributed by atoms with Crippen molar-refractivity contribution in [1.29, 1.82) is 0 Å². The number of ether oxygens (including phenoxy) is 2. The Morgan fingerprint density at radius 3 is 2.68 bits per heavy atom. The summed E-state index contributed by atoms with van der Waals surface area (Å²) in [6.45, 7) is 0.872. The summed E-state index contributed by atoms with van der Waals surface area (Å²) in [5, 5.41) is 3.00. The quantitative estimate of drug-likeness (QED) is 0.657. The first kappa shape index (κ1) is 22.5. The number of barbiturate groups is 1. The van der Waals surface area contributed by atoms with Crippen molar-refractivity contribution in [2.75, 3.05) is 32.2 Å². The second kappa shape index (κ2) is 8.51. The maximum atomic E-state index is 14.0. The molecule has 2 atom stereocenters. The first-order valence-corrected chi connectivity index (χ1v) is 11.7. The molecule has 34 heavy (non-hydrogen) atoms. The fourth-order valence-electron chi connectivity index (χ4n) is 5.59. The molecule has 3 aliphatic heterocycles. The molecule has 5 rings (SSSR count). The molecule has 0 unspecified atom stereocenters. The number of hydrogen-bond donors (Lipinski definition) is 1. The highest BCUT2D eigenvalue weighted by atomic mass is 35.5. The van der Waals surface area contributed by atoms with Crippen molar-refractivity contribution in [2.24, 2.45) is 5.41 Å². The van der Waals surface area contributed by atoms with Crippen LogP contribution in [0.2, 0.25) is 5.02 Å². The van der Waals surface area contributed by atoms with Crippen LogP contribution < -0.4 is 19.7 Å². The maximum Gasteiger partial charge on any atom is 0.330 e. The zero-order valence-electron chi connectivity index (χ0n) is 19.1. The molecule has 0 bridgehead atoms. The smallest absolute Gasteiger partial charge is 0.330 e. The van der Waals surface area contributed by atoms with Gasteiger partial charge in [-0.2, -0.15) is 0 Å². The monoisotopic (exact) mass is 483 g/mol. The fraction of sp³-hybridized carbons (Fsp3) is 0.400. The summed E-state index contributed by atoms with van der Waals surface area (Å²) < 4.78 is 10.6. The van der Waals surface area contributed by atoms with E-state index in [4.69, 9.17) is 21.1 Å². The molecule has 2 saturated heterocycles. The number of nitrogens with one attached hydrogen (secondary N) is 1. The molecule has 0 radical (unpaired) electrons. The summed E-state index contributed by atoms with van der Waals surface area (Å²) in [6.07, 6.45) is 2.14. The van der Waals surface area contributed by atoms with Gasteiger partial charge >= 0.3 is 6.03 Å². The van der Waals surface area contributed by atoms with Crippen LogP contribution in [0.3, 0.4) is 0 Å². The molecule has 2 aromatic rings. The third-order valence-corrected chi connectivity index (χ3v) is 7.60. The fourth-order valence-corrected chi connectivity index (χ4v) is 5.83. The number of carbonyl (C=O) groups is 3. The number of rotatable bonds is 5. The van der Waals surface area contributed by atoms with Gasteiger partial charge in [0, 0.05) is 30.2 Å². The molecular formula is C25H26ClN3O5. The Labute approximate surface area is 202 Å². The van der Waals surface area contributed by atoms with Crippen LogP contribution in [-0.2, 0) is 22.4 Å². The number of fused-ring (bicyclic) bond motifs is 4. The van der Waals surface area contributed by atoms with E-state index in [0.29, 0.717) is 29.4 Å². The molecule has 0 aromatic heterocycles. The summed E-state index contributed by atoms with van der Waals surface area (Å²) in [5.41, 5.74) is 1.23. The van der Waals surface area contributed by atoms with E-state index in [1.807, 2.05) is 24.3 Å². The van der Waals surface area contributed by atoms with Crippen molar-refractivity contribution in [3.63, 3.8) is 0 Å². The van der Waals surface area contributed by atoms with Crippen LogP contribution in [0.1, 0.15) is 24.0 Å². The number of halogens is 1. The zero-order valence-corrected chi connectivity index (χ0v) is 19.9. The minimum absolute atomic E-state index is 0.136. The summed E-state index contributed by atoms with van der Waals surface area (Å²) in [5.74, 6) is 0.180. The number of benzene rings is 2. The third-order valence-electron chi connectivity index (χ3n) is 7.25. The number of carbonyl (C=O) groups excluding carboxylic acids is 3.